The van der Waals surface area contributed by atoms with Crippen LogP contribution in [0.3, 0.4) is 0 Å². The molecule has 1 heterocycles. The molecule has 104 valence electrons. The van der Waals surface area contributed by atoms with Gasteiger partial charge >= 0.3 is 0 Å². The minimum atomic E-state index is 0.181. The molecule has 4 nitrogen and oxygen atoms in total. The summed E-state index contributed by atoms with van der Waals surface area (Å²) in [4.78, 5) is 16.5. The Hall–Kier alpha value is -1.55. The van der Waals surface area contributed by atoms with Crippen LogP contribution in [-0.4, -0.2) is 32.6 Å². The predicted molar refractivity (Wildman–Crippen MR) is 79.5 cm³/mol. The van der Waals surface area contributed by atoms with E-state index >= 15 is 0 Å². The first-order valence-corrected chi connectivity index (χ1v) is 6.94. The normalized spacial score (nSPS) is 19.0. The van der Waals surface area contributed by atoms with E-state index < -0.39 is 0 Å². The number of carbonyl (C=O) groups excluding carboxylic acids is 1. The number of benzene rings is 1. The molecule has 0 spiro atoms. The lowest BCUT2D eigenvalue weighted by Crippen LogP contribution is -2.35. The predicted octanol–water partition coefficient (Wildman–Crippen LogP) is 1.84. The number of para-hydroxylation sites is 2. The average Bonchev–Trinajstić information content (AvgIpc) is 2.53. The number of hydrogen-bond donors (Lipinski definition) is 1. The van der Waals surface area contributed by atoms with Crippen LogP contribution in [0.5, 0.6) is 0 Å². The van der Waals surface area contributed by atoms with E-state index in [1.807, 2.05) is 23.1 Å². The van der Waals surface area contributed by atoms with Gasteiger partial charge in [-0.1, -0.05) is 19.1 Å². The van der Waals surface area contributed by atoms with E-state index in [-0.39, 0.29) is 5.91 Å². The highest BCUT2D eigenvalue weighted by Crippen LogP contribution is 2.32. The Labute approximate surface area is 115 Å². The molecule has 1 amide bonds. The largest absolute Gasteiger partial charge is 0.373 e. The zero-order chi connectivity index (χ0) is 13.8. The molecule has 1 aliphatic rings. The monoisotopic (exact) mass is 261 g/mol. The molecule has 19 heavy (non-hydrogen) atoms. The quantitative estimate of drug-likeness (QED) is 0.903. The van der Waals surface area contributed by atoms with Gasteiger partial charge < -0.3 is 15.5 Å². The number of nitrogens with zero attached hydrogens (tertiary/aromatic N) is 2. The van der Waals surface area contributed by atoms with Crippen LogP contribution < -0.4 is 15.5 Å². The smallest absolute Gasteiger partial charge is 0.227 e. The van der Waals surface area contributed by atoms with Gasteiger partial charge in [-0.25, -0.2) is 0 Å². The van der Waals surface area contributed by atoms with Crippen LogP contribution in [0.1, 0.15) is 19.8 Å². The highest BCUT2D eigenvalue weighted by atomic mass is 16.2. The van der Waals surface area contributed by atoms with Crippen molar-refractivity contribution in [3.8, 4) is 0 Å². The number of carbonyl (C=O) groups is 1. The van der Waals surface area contributed by atoms with E-state index in [0.717, 1.165) is 30.9 Å². The van der Waals surface area contributed by atoms with E-state index in [9.17, 15) is 4.79 Å². The number of hydrogen-bond acceptors (Lipinski definition) is 3. The molecule has 0 saturated heterocycles. The van der Waals surface area contributed by atoms with Crippen molar-refractivity contribution >= 4 is 17.3 Å². The van der Waals surface area contributed by atoms with Crippen LogP contribution in [0.4, 0.5) is 11.4 Å². The second kappa shape index (κ2) is 6.06. The van der Waals surface area contributed by atoms with Crippen molar-refractivity contribution in [2.75, 3.05) is 36.5 Å². The number of nitrogens with two attached hydrogens (primary N) is 1. The van der Waals surface area contributed by atoms with Crippen LogP contribution in [0.25, 0.3) is 0 Å². The first kappa shape index (κ1) is 13.9. The second-order valence-corrected chi connectivity index (χ2v) is 5.37. The Morgan fingerprint density at radius 1 is 1.32 bits per heavy atom. The maximum Gasteiger partial charge on any atom is 0.227 e. The number of rotatable bonds is 3. The summed E-state index contributed by atoms with van der Waals surface area (Å²) < 4.78 is 0. The van der Waals surface area contributed by atoms with Crippen molar-refractivity contribution in [3.63, 3.8) is 0 Å². The van der Waals surface area contributed by atoms with Gasteiger partial charge in [0.2, 0.25) is 5.91 Å². The second-order valence-electron chi connectivity index (χ2n) is 5.37. The molecule has 0 aromatic heterocycles. The summed E-state index contributed by atoms with van der Waals surface area (Å²) >= 11 is 0. The summed E-state index contributed by atoms with van der Waals surface area (Å²) in [6.07, 6.45) is 1.28. The van der Waals surface area contributed by atoms with Crippen molar-refractivity contribution < 1.29 is 4.79 Å². The number of amides is 1. The Morgan fingerprint density at radius 2 is 2.00 bits per heavy atom. The van der Waals surface area contributed by atoms with Gasteiger partial charge in [-0.15, -0.1) is 0 Å². The molecule has 1 aliphatic heterocycles. The molecule has 0 radical (unpaired) electrons. The molecule has 2 rings (SSSR count). The molecule has 2 N–H and O–H groups in total. The van der Waals surface area contributed by atoms with Crippen LogP contribution in [0.2, 0.25) is 0 Å². The Morgan fingerprint density at radius 3 is 2.68 bits per heavy atom. The van der Waals surface area contributed by atoms with E-state index in [4.69, 9.17) is 5.73 Å². The lowest BCUT2D eigenvalue weighted by molar-refractivity contribution is -0.118. The summed E-state index contributed by atoms with van der Waals surface area (Å²) in [6.45, 7) is 4.50. The molecule has 0 unspecified atom stereocenters. The summed E-state index contributed by atoms with van der Waals surface area (Å²) in [5.74, 6) is 0.638. The van der Waals surface area contributed by atoms with Gasteiger partial charge in [-0.3, -0.25) is 4.79 Å². The molecule has 0 bridgehead atoms. The lowest BCUT2D eigenvalue weighted by Gasteiger charge is -2.24. The molecule has 1 atom stereocenters. The van der Waals surface area contributed by atoms with Gasteiger partial charge in [0.05, 0.1) is 11.4 Å². The fourth-order valence-electron chi connectivity index (χ4n) is 2.67. The maximum absolute atomic E-state index is 12.4. The topological polar surface area (TPSA) is 49.6 Å². The first-order valence-electron chi connectivity index (χ1n) is 6.94. The molecule has 4 heteroatoms. The van der Waals surface area contributed by atoms with Gasteiger partial charge in [0, 0.05) is 26.6 Å². The molecular formula is C15H23N3O. The third-order valence-corrected chi connectivity index (χ3v) is 3.56. The average molecular weight is 261 g/mol. The Bertz CT molecular complexity index is 447. The fraction of sp³-hybridized carbons (Fsp3) is 0.533. The SMILES string of the molecule is C[C@@H]1CN(C)c2ccccc2N(C(=O)CCCN)C1. The standard InChI is InChI=1S/C15H23N3O/c1-12-10-17(2)13-6-3-4-7-14(13)18(11-12)15(19)8-5-9-16/h3-4,6-7,12H,5,8-11,16H2,1-2H3/t12-/m1/s1. The number of anilines is 2. The van der Waals surface area contributed by atoms with Gasteiger partial charge in [0.25, 0.3) is 0 Å². The van der Waals surface area contributed by atoms with E-state index in [1.54, 1.807) is 0 Å². The van der Waals surface area contributed by atoms with Crippen molar-refractivity contribution in [2.45, 2.75) is 19.8 Å². The minimum Gasteiger partial charge on any atom is -0.373 e. The third kappa shape index (κ3) is 3.07. The third-order valence-electron chi connectivity index (χ3n) is 3.56. The Kier molecular flexibility index (Phi) is 4.43. The van der Waals surface area contributed by atoms with E-state index in [0.29, 0.717) is 18.9 Å². The van der Waals surface area contributed by atoms with E-state index in [2.05, 4.69) is 24.9 Å². The lowest BCUT2D eigenvalue weighted by atomic mass is 10.1. The van der Waals surface area contributed by atoms with Crippen LogP contribution in [-0.2, 0) is 4.79 Å². The maximum atomic E-state index is 12.4. The zero-order valence-electron chi connectivity index (χ0n) is 11.8. The van der Waals surface area contributed by atoms with Gasteiger partial charge in [0.15, 0.2) is 0 Å². The van der Waals surface area contributed by atoms with Crippen LogP contribution >= 0.6 is 0 Å². The van der Waals surface area contributed by atoms with Crippen molar-refractivity contribution in [1.82, 2.24) is 0 Å². The number of fused-ring (bicyclic) bond motifs is 1. The molecule has 0 saturated carbocycles. The van der Waals surface area contributed by atoms with Crippen molar-refractivity contribution in [3.05, 3.63) is 24.3 Å². The van der Waals surface area contributed by atoms with Gasteiger partial charge in [-0.05, 0) is 31.0 Å². The van der Waals surface area contributed by atoms with Crippen LogP contribution in [0, 0.1) is 5.92 Å². The first-order chi connectivity index (χ1) is 9.13. The summed E-state index contributed by atoms with van der Waals surface area (Å²) in [5, 5.41) is 0. The molecule has 1 aromatic rings. The van der Waals surface area contributed by atoms with Crippen molar-refractivity contribution in [2.24, 2.45) is 11.7 Å². The molecule has 0 aliphatic carbocycles. The highest BCUT2D eigenvalue weighted by Gasteiger charge is 2.25. The highest BCUT2D eigenvalue weighted by molar-refractivity contribution is 5.97. The van der Waals surface area contributed by atoms with Crippen LogP contribution in [0.15, 0.2) is 24.3 Å². The zero-order valence-corrected chi connectivity index (χ0v) is 11.8. The molecule has 0 fully saturated rings. The summed E-state index contributed by atoms with van der Waals surface area (Å²) in [5.41, 5.74) is 7.66. The summed E-state index contributed by atoms with van der Waals surface area (Å²) in [6, 6.07) is 8.13. The minimum absolute atomic E-state index is 0.181. The van der Waals surface area contributed by atoms with E-state index in [1.165, 1.54) is 0 Å². The van der Waals surface area contributed by atoms with Gasteiger partial charge in [0.1, 0.15) is 0 Å². The Balaban J connectivity index is 2.30. The molecule has 1 aromatic carbocycles. The molecular weight excluding hydrogens is 238 g/mol. The summed E-state index contributed by atoms with van der Waals surface area (Å²) in [7, 11) is 2.09. The fourth-order valence-corrected chi connectivity index (χ4v) is 2.67. The van der Waals surface area contributed by atoms with Gasteiger partial charge in [-0.2, -0.15) is 0 Å². The van der Waals surface area contributed by atoms with Crippen molar-refractivity contribution in [1.29, 1.82) is 0 Å².